The van der Waals surface area contributed by atoms with E-state index in [1.165, 1.54) is 0 Å². The number of fused-ring (bicyclic) bond motifs is 1. The van der Waals surface area contributed by atoms with E-state index < -0.39 is 36.5 Å². The average molecular weight is 457 g/mol. The molecule has 0 aromatic carbocycles. The molecule has 0 radical (unpaired) electrons. The van der Waals surface area contributed by atoms with E-state index in [9.17, 15) is 10.2 Å². The summed E-state index contributed by atoms with van der Waals surface area (Å²) in [6, 6.07) is 0. The summed E-state index contributed by atoms with van der Waals surface area (Å²) in [6.07, 6.45) is -0.0957. The molecule has 0 bridgehead atoms. The second-order valence-corrected chi connectivity index (χ2v) is 13.2. The van der Waals surface area contributed by atoms with Gasteiger partial charge in [-0.2, -0.15) is 0 Å². The minimum absolute atomic E-state index is 0.180. The van der Waals surface area contributed by atoms with Gasteiger partial charge in [0, 0.05) is 47.8 Å². The molecule has 186 valence electrons. The van der Waals surface area contributed by atoms with Crippen molar-refractivity contribution in [3.05, 3.63) is 0 Å². The van der Waals surface area contributed by atoms with Crippen molar-refractivity contribution < 1.29 is 29.2 Å². The van der Waals surface area contributed by atoms with Crippen molar-refractivity contribution in [1.29, 1.82) is 0 Å². The number of aliphatic hydroxyl groups is 2. The molecule has 0 aromatic heterocycles. The van der Waals surface area contributed by atoms with Crippen molar-refractivity contribution in [2.75, 3.05) is 13.2 Å². The van der Waals surface area contributed by atoms with Crippen LogP contribution < -0.4 is 10.6 Å². The quantitative estimate of drug-likeness (QED) is 0.499. The van der Waals surface area contributed by atoms with Gasteiger partial charge in [0.25, 0.3) is 0 Å². The average Bonchev–Trinajstić information content (AvgIpc) is 2.55. The van der Waals surface area contributed by atoms with Crippen LogP contribution in [-0.2, 0) is 18.9 Å². The van der Waals surface area contributed by atoms with Crippen molar-refractivity contribution in [1.82, 2.24) is 10.6 Å². The van der Waals surface area contributed by atoms with Gasteiger partial charge in [0.15, 0.2) is 11.6 Å². The van der Waals surface area contributed by atoms with Crippen LogP contribution in [0.3, 0.4) is 0 Å². The number of ether oxygens (including phenoxy) is 4. The van der Waals surface area contributed by atoms with Gasteiger partial charge >= 0.3 is 0 Å². The van der Waals surface area contributed by atoms with Crippen LogP contribution in [0, 0.1) is 0 Å². The lowest BCUT2D eigenvalue weighted by Crippen LogP contribution is -2.74. The van der Waals surface area contributed by atoms with E-state index in [-0.39, 0.29) is 28.3 Å². The molecule has 4 aliphatic heterocycles. The first-order valence-electron chi connectivity index (χ1n) is 12.0. The van der Waals surface area contributed by atoms with Crippen LogP contribution in [0.15, 0.2) is 0 Å². The van der Waals surface area contributed by atoms with Crippen LogP contribution in [0.25, 0.3) is 0 Å². The molecule has 4 saturated heterocycles. The Morgan fingerprint density at radius 2 is 1.22 bits per heavy atom. The molecule has 0 unspecified atom stereocenters. The molecular formula is C24H44N2O6. The van der Waals surface area contributed by atoms with Gasteiger partial charge in [0.2, 0.25) is 0 Å². The predicted molar refractivity (Wildman–Crippen MR) is 120 cm³/mol. The van der Waals surface area contributed by atoms with Gasteiger partial charge in [-0.3, -0.25) is 0 Å². The summed E-state index contributed by atoms with van der Waals surface area (Å²) in [5, 5.41) is 28.0. The third-order valence-electron chi connectivity index (χ3n) is 7.03. The zero-order valence-electron chi connectivity index (χ0n) is 21.1. The normalized spacial score (nSPS) is 39.4. The van der Waals surface area contributed by atoms with Crippen LogP contribution in [0.1, 0.15) is 81.1 Å². The lowest BCUT2D eigenvalue weighted by molar-refractivity contribution is -0.443. The van der Waals surface area contributed by atoms with Crippen LogP contribution >= 0.6 is 0 Å². The zero-order valence-corrected chi connectivity index (χ0v) is 21.1. The highest BCUT2D eigenvalue weighted by Crippen LogP contribution is 2.49. The summed E-state index contributed by atoms with van der Waals surface area (Å²) >= 11 is 0. The fourth-order valence-electron chi connectivity index (χ4n) is 7.27. The van der Waals surface area contributed by atoms with Gasteiger partial charge in [-0.25, -0.2) is 0 Å². The molecule has 0 aliphatic carbocycles. The number of aliphatic hydroxyl groups excluding tert-OH is 2. The molecule has 2 spiro atoms. The standard InChI is InChI=1S/C24H44N2O6/c1-19(2)11-23(12-20(3,4)25-19)29-10-16-18(32-23)17(15(28)9-27)31-24(30-16)13-21(5,6)26-22(7,8)14-24/h15-18,25-28H,9-14H2,1-8H3/t15-,16+,17-,18-/m1/s1. The molecule has 0 aromatic rings. The molecule has 4 aliphatic rings. The van der Waals surface area contributed by atoms with E-state index in [0.29, 0.717) is 32.3 Å². The maximum absolute atomic E-state index is 10.8. The Morgan fingerprint density at radius 1 is 0.750 bits per heavy atom. The third kappa shape index (κ3) is 4.89. The highest BCUT2D eigenvalue weighted by molar-refractivity contribution is 5.08. The van der Waals surface area contributed by atoms with Gasteiger partial charge in [0.1, 0.15) is 24.4 Å². The van der Waals surface area contributed by atoms with E-state index in [0.717, 1.165) is 0 Å². The predicted octanol–water partition coefficient (Wildman–Crippen LogP) is 1.81. The Balaban J connectivity index is 1.64. The second kappa shape index (κ2) is 7.59. The van der Waals surface area contributed by atoms with Gasteiger partial charge < -0.3 is 39.8 Å². The number of hydrogen-bond acceptors (Lipinski definition) is 8. The Bertz CT molecular complexity index is 687. The number of nitrogens with one attached hydrogen (secondary N) is 2. The molecule has 4 heterocycles. The Morgan fingerprint density at radius 3 is 1.69 bits per heavy atom. The van der Waals surface area contributed by atoms with E-state index in [4.69, 9.17) is 18.9 Å². The SMILES string of the molecule is CC1(C)CC2(CC(C)(C)N1)OC[C@@H]1OC3(CC(C)(C)NC(C)(C)C3)O[C@H]([C@H](O)CO)[C@@H]1O2. The first kappa shape index (κ1) is 24.8. The maximum Gasteiger partial charge on any atom is 0.173 e. The Kier molecular flexibility index (Phi) is 5.88. The van der Waals surface area contributed by atoms with E-state index in [2.05, 4.69) is 66.0 Å². The summed E-state index contributed by atoms with van der Waals surface area (Å²) in [6.45, 7) is 17.1. The molecule has 32 heavy (non-hydrogen) atoms. The van der Waals surface area contributed by atoms with Gasteiger partial charge in [-0.05, 0) is 55.4 Å². The van der Waals surface area contributed by atoms with Crippen molar-refractivity contribution in [2.24, 2.45) is 0 Å². The number of rotatable bonds is 2. The van der Waals surface area contributed by atoms with Crippen LogP contribution in [0.2, 0.25) is 0 Å². The van der Waals surface area contributed by atoms with Crippen LogP contribution in [0.5, 0.6) is 0 Å². The molecule has 4 N–H and O–H groups in total. The van der Waals surface area contributed by atoms with Crippen LogP contribution in [-0.4, -0.2) is 81.6 Å². The molecule has 4 rings (SSSR count). The lowest BCUT2D eigenvalue weighted by atomic mass is 9.76. The fourth-order valence-corrected chi connectivity index (χ4v) is 7.27. The van der Waals surface area contributed by atoms with Crippen molar-refractivity contribution in [3.8, 4) is 0 Å². The molecule has 8 nitrogen and oxygen atoms in total. The van der Waals surface area contributed by atoms with Crippen molar-refractivity contribution in [3.63, 3.8) is 0 Å². The molecule has 0 amide bonds. The molecule has 8 heteroatoms. The summed E-state index contributed by atoms with van der Waals surface area (Å²) in [5.41, 5.74) is -0.797. The minimum atomic E-state index is -1.07. The van der Waals surface area contributed by atoms with Gasteiger partial charge in [-0.1, -0.05) is 0 Å². The lowest BCUT2D eigenvalue weighted by Gasteiger charge is -2.61. The van der Waals surface area contributed by atoms with E-state index >= 15 is 0 Å². The molecule has 0 saturated carbocycles. The van der Waals surface area contributed by atoms with Gasteiger partial charge in [0.05, 0.1) is 13.2 Å². The third-order valence-corrected chi connectivity index (χ3v) is 7.03. The van der Waals surface area contributed by atoms with Crippen molar-refractivity contribution in [2.45, 2.75) is 139 Å². The summed E-state index contributed by atoms with van der Waals surface area (Å²) in [7, 11) is 0. The van der Waals surface area contributed by atoms with E-state index in [1.807, 2.05) is 0 Å². The molecular weight excluding hydrogens is 412 g/mol. The smallest absolute Gasteiger partial charge is 0.173 e. The summed E-state index contributed by atoms with van der Waals surface area (Å²) < 4.78 is 26.3. The summed E-state index contributed by atoms with van der Waals surface area (Å²) in [4.78, 5) is 0. The Hall–Kier alpha value is -0.320. The highest BCUT2D eigenvalue weighted by Gasteiger charge is 2.61. The molecule has 4 atom stereocenters. The topological polar surface area (TPSA) is 101 Å². The first-order valence-corrected chi connectivity index (χ1v) is 12.0. The monoisotopic (exact) mass is 456 g/mol. The van der Waals surface area contributed by atoms with Crippen LogP contribution in [0.4, 0.5) is 0 Å². The van der Waals surface area contributed by atoms with E-state index in [1.54, 1.807) is 0 Å². The second-order valence-electron chi connectivity index (χ2n) is 13.2. The van der Waals surface area contributed by atoms with Gasteiger partial charge in [-0.15, -0.1) is 0 Å². The number of piperidine rings is 2. The molecule has 4 fully saturated rings. The number of hydrogen-bond donors (Lipinski definition) is 4. The highest BCUT2D eigenvalue weighted by atomic mass is 16.8. The first-order chi connectivity index (χ1) is 14.5. The zero-order chi connectivity index (χ0) is 23.8. The summed E-state index contributed by atoms with van der Waals surface area (Å²) in [5.74, 6) is -1.68. The van der Waals surface area contributed by atoms with Crippen molar-refractivity contribution >= 4 is 0 Å². The maximum atomic E-state index is 10.8. The largest absolute Gasteiger partial charge is 0.394 e. The fraction of sp³-hybridized carbons (Fsp3) is 1.00. The Labute approximate surface area is 192 Å². The minimum Gasteiger partial charge on any atom is -0.394 e.